The Morgan fingerprint density at radius 3 is 1.84 bits per heavy atom. The zero-order chi connectivity index (χ0) is 24.3. The zero-order valence-corrected chi connectivity index (χ0v) is 21.7. The summed E-state index contributed by atoms with van der Waals surface area (Å²) in [6.07, 6.45) is 10.5. The predicted molar refractivity (Wildman–Crippen MR) is 129 cm³/mol. The van der Waals surface area contributed by atoms with Gasteiger partial charge in [0.2, 0.25) is 0 Å². The minimum absolute atomic E-state index is 0.267. The highest BCUT2D eigenvalue weighted by Crippen LogP contribution is 2.31. The summed E-state index contributed by atoms with van der Waals surface area (Å²) in [5.41, 5.74) is 1.04. The highest BCUT2D eigenvalue weighted by molar-refractivity contribution is 5.19. The van der Waals surface area contributed by atoms with Gasteiger partial charge in [0.1, 0.15) is 24.4 Å². The van der Waals surface area contributed by atoms with Gasteiger partial charge in [-0.1, -0.05) is 58.1 Å². The zero-order valence-electron chi connectivity index (χ0n) is 21.7. The van der Waals surface area contributed by atoms with Gasteiger partial charge in [-0.15, -0.1) is 0 Å². The van der Waals surface area contributed by atoms with E-state index in [1.807, 2.05) is 6.92 Å². The number of allylic oxidation sites excluding steroid dienone is 4. The summed E-state index contributed by atoms with van der Waals surface area (Å²) in [5, 5.41) is 0. The third-order valence-electron chi connectivity index (χ3n) is 6.61. The highest BCUT2D eigenvalue weighted by Gasteiger charge is 2.47. The van der Waals surface area contributed by atoms with Crippen molar-refractivity contribution in [3.8, 4) is 0 Å². The van der Waals surface area contributed by atoms with Crippen molar-refractivity contribution in [1.82, 2.24) is 0 Å². The monoisotopic (exact) mass is 454 g/mol. The van der Waals surface area contributed by atoms with Crippen LogP contribution in [-0.2, 0) is 28.4 Å². The minimum Gasteiger partial charge on any atom is -0.381 e. The van der Waals surface area contributed by atoms with Crippen molar-refractivity contribution < 1.29 is 28.4 Å². The molecule has 0 radical (unpaired) electrons. The van der Waals surface area contributed by atoms with Gasteiger partial charge in [0, 0.05) is 41.5 Å². The van der Waals surface area contributed by atoms with Gasteiger partial charge in [-0.25, -0.2) is 0 Å². The van der Waals surface area contributed by atoms with Crippen LogP contribution in [0.2, 0.25) is 0 Å². The van der Waals surface area contributed by atoms with E-state index in [1.54, 1.807) is 35.5 Å². The Bertz CT molecular complexity index is 597. The van der Waals surface area contributed by atoms with Crippen LogP contribution in [0.25, 0.3) is 0 Å². The first-order valence-electron chi connectivity index (χ1n) is 11.6. The summed E-state index contributed by atoms with van der Waals surface area (Å²) in [6, 6.07) is 0. The molecule has 186 valence electrons. The summed E-state index contributed by atoms with van der Waals surface area (Å²) in [7, 11) is 8.34. The lowest BCUT2D eigenvalue weighted by Crippen LogP contribution is -2.60. The molecule has 1 rings (SSSR count). The normalized spacial score (nSPS) is 31.2. The molecule has 6 nitrogen and oxygen atoms in total. The van der Waals surface area contributed by atoms with Crippen LogP contribution < -0.4 is 0 Å². The number of hydrogen-bond acceptors (Lipinski definition) is 6. The summed E-state index contributed by atoms with van der Waals surface area (Å²) in [6.45, 7) is 10.9. The molecule has 0 amide bonds. The van der Waals surface area contributed by atoms with Crippen molar-refractivity contribution in [2.24, 2.45) is 17.8 Å². The lowest BCUT2D eigenvalue weighted by Gasteiger charge is -2.44. The van der Waals surface area contributed by atoms with E-state index < -0.39 is 6.29 Å². The second-order valence-corrected chi connectivity index (χ2v) is 8.70. The first-order chi connectivity index (χ1) is 15.3. The molecule has 32 heavy (non-hydrogen) atoms. The molecule has 1 saturated heterocycles. The molecule has 0 aliphatic carbocycles. The van der Waals surface area contributed by atoms with Gasteiger partial charge < -0.3 is 28.4 Å². The van der Waals surface area contributed by atoms with E-state index >= 15 is 0 Å². The molecule has 1 aliphatic heterocycles. The standard InChI is InChI=1S/C26H46O6/c1-11-21(27-6)19(4)16-15-18(3)17(2)13-12-14-20(5)22-23(28-7)24(29-8)25(30-9)26(31-10)32-22/h12-19,21-26H,11H2,1-10H3/b13-12+,16-15+,20-14+/t17-,18-,19-,21-,22+,23+,24-,25+,26-/m0/s1. The SMILES string of the molecule is CC[C@H](OC)[C@@H](C)/C=C/[C@H](C)[C@@H](C)/C=C/C=C(\C)[C@H]1O[C@H](OC)[C@H](OC)[C@@H](OC)[C@@H]1OC. The molecule has 0 bridgehead atoms. The van der Waals surface area contributed by atoms with E-state index in [-0.39, 0.29) is 30.5 Å². The summed E-state index contributed by atoms with van der Waals surface area (Å²) < 4.78 is 34.2. The second kappa shape index (κ2) is 15.0. The van der Waals surface area contributed by atoms with Gasteiger partial charge in [-0.3, -0.25) is 0 Å². The molecule has 9 atom stereocenters. The molecule has 6 heteroatoms. The molecular formula is C26H46O6. The Labute approximate surface area is 195 Å². The van der Waals surface area contributed by atoms with Crippen molar-refractivity contribution in [2.45, 2.75) is 77.8 Å². The average molecular weight is 455 g/mol. The first-order valence-corrected chi connectivity index (χ1v) is 11.6. The van der Waals surface area contributed by atoms with E-state index in [1.165, 1.54) is 0 Å². The molecule has 1 fully saturated rings. The van der Waals surface area contributed by atoms with Crippen LogP contribution >= 0.6 is 0 Å². The molecular weight excluding hydrogens is 408 g/mol. The van der Waals surface area contributed by atoms with Gasteiger partial charge in [-0.05, 0) is 30.8 Å². The van der Waals surface area contributed by atoms with Gasteiger partial charge in [0.25, 0.3) is 0 Å². The Morgan fingerprint density at radius 2 is 1.34 bits per heavy atom. The fourth-order valence-electron chi connectivity index (χ4n) is 4.20. The third kappa shape index (κ3) is 7.79. The fraction of sp³-hybridized carbons (Fsp3) is 0.769. The van der Waals surface area contributed by atoms with Crippen LogP contribution in [0.4, 0.5) is 0 Å². The summed E-state index contributed by atoms with van der Waals surface area (Å²) in [4.78, 5) is 0. The van der Waals surface area contributed by atoms with Crippen LogP contribution in [0.3, 0.4) is 0 Å². The lowest BCUT2D eigenvalue weighted by molar-refractivity contribution is -0.295. The Balaban J connectivity index is 2.85. The maximum atomic E-state index is 6.17. The van der Waals surface area contributed by atoms with Crippen LogP contribution in [0.1, 0.15) is 41.0 Å². The Morgan fingerprint density at radius 1 is 0.781 bits per heavy atom. The minimum atomic E-state index is -0.529. The molecule has 1 heterocycles. The fourth-order valence-corrected chi connectivity index (χ4v) is 4.20. The van der Waals surface area contributed by atoms with Crippen LogP contribution in [0.15, 0.2) is 36.0 Å². The molecule has 0 spiro atoms. The van der Waals surface area contributed by atoms with Gasteiger partial charge in [-0.2, -0.15) is 0 Å². The predicted octanol–water partition coefficient (Wildman–Crippen LogP) is 4.79. The van der Waals surface area contributed by atoms with Gasteiger partial charge in [0.05, 0.1) is 6.10 Å². The van der Waals surface area contributed by atoms with Crippen molar-refractivity contribution in [2.75, 3.05) is 35.5 Å². The second-order valence-electron chi connectivity index (χ2n) is 8.70. The largest absolute Gasteiger partial charge is 0.381 e. The van der Waals surface area contributed by atoms with Crippen molar-refractivity contribution in [3.05, 3.63) is 36.0 Å². The smallest absolute Gasteiger partial charge is 0.186 e. The molecule has 1 aliphatic rings. The molecule has 0 N–H and O–H groups in total. The highest BCUT2D eigenvalue weighted by atomic mass is 16.7. The van der Waals surface area contributed by atoms with Crippen molar-refractivity contribution in [3.63, 3.8) is 0 Å². The van der Waals surface area contributed by atoms with E-state index in [2.05, 4.69) is 58.1 Å². The van der Waals surface area contributed by atoms with E-state index in [0.29, 0.717) is 17.8 Å². The van der Waals surface area contributed by atoms with Crippen LogP contribution in [0, 0.1) is 17.8 Å². The number of rotatable bonds is 13. The van der Waals surface area contributed by atoms with Crippen molar-refractivity contribution in [1.29, 1.82) is 0 Å². The Kier molecular flexibility index (Phi) is 13.6. The van der Waals surface area contributed by atoms with E-state index in [0.717, 1.165) is 12.0 Å². The maximum absolute atomic E-state index is 6.17. The maximum Gasteiger partial charge on any atom is 0.186 e. The van der Waals surface area contributed by atoms with E-state index in [4.69, 9.17) is 28.4 Å². The number of methoxy groups -OCH3 is 5. The van der Waals surface area contributed by atoms with E-state index in [9.17, 15) is 0 Å². The lowest BCUT2D eigenvalue weighted by atomic mass is 9.91. The Hall–Kier alpha value is -1.02. The van der Waals surface area contributed by atoms with Crippen LogP contribution in [0.5, 0.6) is 0 Å². The van der Waals surface area contributed by atoms with Gasteiger partial charge in [0.15, 0.2) is 6.29 Å². The topological polar surface area (TPSA) is 55.4 Å². The molecule has 0 aromatic heterocycles. The average Bonchev–Trinajstić information content (AvgIpc) is 2.81. The summed E-state index contributed by atoms with van der Waals surface area (Å²) >= 11 is 0. The number of hydrogen-bond donors (Lipinski definition) is 0. The quantitative estimate of drug-likeness (QED) is 0.294. The third-order valence-corrected chi connectivity index (χ3v) is 6.61. The molecule has 0 aromatic rings. The molecule has 0 aromatic carbocycles. The first kappa shape index (κ1) is 29.0. The van der Waals surface area contributed by atoms with Crippen LogP contribution in [-0.4, -0.2) is 72.4 Å². The van der Waals surface area contributed by atoms with Crippen molar-refractivity contribution >= 4 is 0 Å². The number of ether oxygens (including phenoxy) is 6. The molecule has 0 unspecified atom stereocenters. The molecule has 0 saturated carbocycles. The summed E-state index contributed by atoms with van der Waals surface area (Å²) in [5.74, 6) is 1.22. The van der Waals surface area contributed by atoms with Gasteiger partial charge >= 0.3 is 0 Å².